The average molecular weight is 419 g/mol. The summed E-state index contributed by atoms with van der Waals surface area (Å²) in [6.07, 6.45) is 12.6. The van der Waals surface area contributed by atoms with Crippen molar-refractivity contribution < 1.29 is 14.6 Å². The Kier molecular flexibility index (Phi) is 7.34. The zero-order valence-electron chi connectivity index (χ0n) is 19.6. The lowest BCUT2D eigenvalue weighted by Crippen LogP contribution is -2.37. The molecule has 0 bridgehead atoms. The lowest BCUT2D eigenvalue weighted by atomic mass is 9.60. The molecule has 0 saturated heterocycles. The molecular weight excluding hydrogens is 375 g/mol. The van der Waals surface area contributed by atoms with Gasteiger partial charge in [-0.1, -0.05) is 43.7 Å². The van der Waals surface area contributed by atoms with Gasteiger partial charge in [0.15, 0.2) is 0 Å². The molecule has 0 spiro atoms. The Morgan fingerprint density at radius 1 is 1.23 bits per heavy atom. The molecule has 0 heterocycles. The van der Waals surface area contributed by atoms with Gasteiger partial charge in [0.2, 0.25) is 0 Å². The predicted molar refractivity (Wildman–Crippen MR) is 123 cm³/mol. The molecule has 3 aliphatic rings. The Balaban J connectivity index is 1.71. The van der Waals surface area contributed by atoms with Gasteiger partial charge in [0, 0.05) is 6.42 Å². The molecule has 0 aromatic carbocycles. The second-order valence-electron chi connectivity index (χ2n) is 11.4. The highest BCUT2D eigenvalue weighted by Gasteiger charge is 2.50. The molecule has 0 aliphatic heterocycles. The van der Waals surface area contributed by atoms with E-state index in [-0.39, 0.29) is 17.9 Å². The van der Waals surface area contributed by atoms with Crippen molar-refractivity contribution in [2.45, 2.75) is 110 Å². The number of rotatable bonds is 6. The van der Waals surface area contributed by atoms with Gasteiger partial charge in [-0.3, -0.25) is 0 Å². The molecule has 3 fully saturated rings. The minimum Gasteiger partial charge on any atom is -0.393 e. The van der Waals surface area contributed by atoms with Crippen LogP contribution in [0.3, 0.4) is 0 Å². The summed E-state index contributed by atoms with van der Waals surface area (Å²) < 4.78 is 14.6. The maximum absolute atomic E-state index is 14.6. The third kappa shape index (κ3) is 5.46. The molecule has 0 aromatic rings. The largest absolute Gasteiger partial charge is 0.393 e. The molecule has 3 heteroatoms. The van der Waals surface area contributed by atoms with Gasteiger partial charge in [-0.2, -0.15) is 0 Å². The minimum absolute atomic E-state index is 0.221. The molecule has 1 unspecified atom stereocenters. The van der Waals surface area contributed by atoms with Crippen molar-refractivity contribution in [3.05, 3.63) is 35.5 Å². The Hall–Kier alpha value is -0.930. The molecule has 0 radical (unpaired) electrons. The average Bonchev–Trinajstić information content (AvgIpc) is 2.98. The van der Waals surface area contributed by atoms with Crippen LogP contribution in [0.5, 0.6) is 0 Å². The Labute approximate surface area is 183 Å². The summed E-state index contributed by atoms with van der Waals surface area (Å²) in [7, 11) is 0. The first-order valence-corrected chi connectivity index (χ1v) is 12.1. The van der Waals surface area contributed by atoms with Crippen molar-refractivity contribution in [3.8, 4) is 0 Å². The van der Waals surface area contributed by atoms with E-state index in [4.69, 9.17) is 0 Å². The summed E-state index contributed by atoms with van der Waals surface area (Å²) >= 11 is 0. The fourth-order valence-corrected chi connectivity index (χ4v) is 6.80. The molecule has 6 atom stereocenters. The van der Waals surface area contributed by atoms with Crippen molar-refractivity contribution in [2.75, 3.05) is 0 Å². The normalized spacial score (nSPS) is 37.4. The lowest BCUT2D eigenvalue weighted by molar-refractivity contribution is 0.0285. The van der Waals surface area contributed by atoms with E-state index in [9.17, 15) is 14.6 Å². The number of hydrogen-bond acceptors (Lipinski definition) is 2. The maximum Gasteiger partial charge on any atom is 0.103 e. The number of alkyl halides is 1. The summed E-state index contributed by atoms with van der Waals surface area (Å²) in [5.74, 6) is 1.47. The van der Waals surface area contributed by atoms with E-state index in [1.54, 1.807) is 19.4 Å². The van der Waals surface area contributed by atoms with Crippen LogP contribution in [0, 0.1) is 23.2 Å². The van der Waals surface area contributed by atoms with Crippen LogP contribution < -0.4 is 0 Å². The smallest absolute Gasteiger partial charge is 0.103 e. The number of allylic oxidation sites excluding steroid dienone is 4. The minimum atomic E-state index is -0.938. The van der Waals surface area contributed by atoms with Crippen LogP contribution >= 0.6 is 0 Å². The van der Waals surface area contributed by atoms with Crippen LogP contribution in [0.4, 0.5) is 4.39 Å². The summed E-state index contributed by atoms with van der Waals surface area (Å²) in [6, 6.07) is 0. The van der Waals surface area contributed by atoms with Crippen LogP contribution in [0.15, 0.2) is 35.5 Å². The second-order valence-corrected chi connectivity index (χ2v) is 11.4. The second kappa shape index (κ2) is 9.28. The Bertz CT molecular complexity index is 685. The van der Waals surface area contributed by atoms with Gasteiger partial charge in [0.1, 0.15) is 6.17 Å². The molecule has 0 aromatic heterocycles. The summed E-state index contributed by atoms with van der Waals surface area (Å²) in [4.78, 5) is 0. The van der Waals surface area contributed by atoms with Crippen LogP contribution in [0.2, 0.25) is 0 Å². The number of aliphatic hydroxyl groups excluding tert-OH is 1. The Morgan fingerprint density at radius 3 is 2.67 bits per heavy atom. The molecule has 3 saturated carbocycles. The molecule has 3 aliphatic carbocycles. The first kappa shape index (κ1) is 23.7. The zero-order valence-corrected chi connectivity index (χ0v) is 19.6. The van der Waals surface area contributed by atoms with E-state index in [1.165, 1.54) is 36.8 Å². The van der Waals surface area contributed by atoms with E-state index >= 15 is 0 Å². The highest BCUT2D eigenvalue weighted by molar-refractivity contribution is 5.36. The SMILES string of the molecule is C=C1CC[C@H](O)C/C1=C\C=C1/CCC[C@]2(C)[C@@H]([C@H](C)CC(F)CC(C)(C)O)CC[C@@H]12. The van der Waals surface area contributed by atoms with E-state index < -0.39 is 11.8 Å². The molecule has 0 amide bonds. The van der Waals surface area contributed by atoms with Gasteiger partial charge in [0.25, 0.3) is 0 Å². The van der Waals surface area contributed by atoms with Crippen molar-refractivity contribution in [2.24, 2.45) is 23.2 Å². The third-order valence-corrected chi connectivity index (χ3v) is 8.26. The van der Waals surface area contributed by atoms with Crippen molar-refractivity contribution in [1.29, 1.82) is 0 Å². The molecule has 170 valence electrons. The van der Waals surface area contributed by atoms with E-state index in [2.05, 4.69) is 32.6 Å². The lowest BCUT2D eigenvalue weighted by Gasteiger charge is -2.44. The summed E-state index contributed by atoms with van der Waals surface area (Å²) in [5.41, 5.74) is 3.25. The van der Waals surface area contributed by atoms with Gasteiger partial charge >= 0.3 is 0 Å². The quantitative estimate of drug-likeness (QED) is 0.505. The van der Waals surface area contributed by atoms with E-state index in [0.29, 0.717) is 24.2 Å². The maximum atomic E-state index is 14.6. The molecule has 2 N–H and O–H groups in total. The van der Waals surface area contributed by atoms with Crippen LogP contribution in [-0.2, 0) is 0 Å². The van der Waals surface area contributed by atoms with Gasteiger partial charge in [0.05, 0.1) is 11.7 Å². The first-order chi connectivity index (χ1) is 14.0. The van der Waals surface area contributed by atoms with E-state index in [0.717, 1.165) is 25.7 Å². The fourth-order valence-electron chi connectivity index (χ4n) is 6.80. The van der Waals surface area contributed by atoms with Gasteiger partial charge < -0.3 is 10.2 Å². The van der Waals surface area contributed by atoms with Crippen molar-refractivity contribution in [3.63, 3.8) is 0 Å². The molecule has 3 rings (SSSR count). The monoisotopic (exact) mass is 418 g/mol. The number of fused-ring (bicyclic) bond motifs is 1. The highest BCUT2D eigenvalue weighted by atomic mass is 19.1. The summed E-state index contributed by atoms with van der Waals surface area (Å²) in [6.45, 7) is 12.3. The van der Waals surface area contributed by atoms with Gasteiger partial charge in [-0.25, -0.2) is 4.39 Å². The van der Waals surface area contributed by atoms with Crippen molar-refractivity contribution in [1.82, 2.24) is 0 Å². The van der Waals surface area contributed by atoms with Crippen LogP contribution in [0.25, 0.3) is 0 Å². The van der Waals surface area contributed by atoms with Gasteiger partial charge in [-0.15, -0.1) is 0 Å². The van der Waals surface area contributed by atoms with Crippen LogP contribution in [-0.4, -0.2) is 28.1 Å². The van der Waals surface area contributed by atoms with Gasteiger partial charge in [-0.05, 0) is 100 Å². The first-order valence-electron chi connectivity index (χ1n) is 12.1. The predicted octanol–water partition coefficient (Wildman–Crippen LogP) is 6.68. The topological polar surface area (TPSA) is 40.5 Å². The molecular formula is C27H43FO2. The van der Waals surface area contributed by atoms with Crippen LogP contribution in [0.1, 0.15) is 91.9 Å². The fraction of sp³-hybridized carbons (Fsp3) is 0.778. The van der Waals surface area contributed by atoms with E-state index in [1.807, 2.05) is 0 Å². The van der Waals surface area contributed by atoms with Crippen molar-refractivity contribution >= 4 is 0 Å². The number of halogens is 1. The summed E-state index contributed by atoms with van der Waals surface area (Å²) in [5, 5.41) is 20.0. The Morgan fingerprint density at radius 2 is 1.97 bits per heavy atom. The molecule has 2 nitrogen and oxygen atoms in total. The molecule has 30 heavy (non-hydrogen) atoms. The number of aliphatic hydroxyl groups is 2. The standard InChI is InChI=1S/C27H43FO2/c1-18-8-11-23(29)16-21(18)10-9-20-7-6-14-27(5)24(12-13-25(20)27)19(2)15-22(28)17-26(3,4)30/h9-10,19,22-25,29-30H,1,6-8,11-17H2,2-5H3/b20-9+,21-10+/t19-,22?,23+,24-,25+,27-/m1/s1. The third-order valence-electron chi connectivity index (χ3n) is 8.26. The zero-order chi connectivity index (χ0) is 22.1. The number of hydrogen-bond donors (Lipinski definition) is 2. The highest BCUT2D eigenvalue weighted by Crippen LogP contribution is 2.60.